The molecule has 0 aliphatic carbocycles. The summed E-state index contributed by atoms with van der Waals surface area (Å²) in [4.78, 5) is 29.6. The summed E-state index contributed by atoms with van der Waals surface area (Å²) in [6.07, 6.45) is 0.545. The molecule has 0 unspecified atom stereocenters. The Morgan fingerprint density at radius 2 is 1.86 bits per heavy atom. The third-order valence-corrected chi connectivity index (χ3v) is 6.86. The lowest BCUT2D eigenvalue weighted by atomic mass is 10.1. The van der Waals surface area contributed by atoms with E-state index in [1.807, 2.05) is 12.1 Å². The lowest BCUT2D eigenvalue weighted by molar-refractivity contribution is -0.142. The van der Waals surface area contributed by atoms with Crippen molar-refractivity contribution in [3.63, 3.8) is 0 Å². The molecule has 1 aliphatic heterocycles. The molecule has 0 N–H and O–H groups in total. The van der Waals surface area contributed by atoms with Gasteiger partial charge in [0, 0.05) is 50.3 Å². The summed E-state index contributed by atoms with van der Waals surface area (Å²) in [5, 5.41) is 5.78. The number of carbonyl (C=O) groups excluding carboxylic acids is 1. The predicted octanol–water partition coefficient (Wildman–Crippen LogP) is 4.16. The van der Waals surface area contributed by atoms with Crippen molar-refractivity contribution in [1.82, 2.24) is 14.7 Å². The fourth-order valence-corrected chi connectivity index (χ4v) is 4.63. The Balaban J connectivity index is 1.40. The van der Waals surface area contributed by atoms with Crippen LogP contribution >= 0.6 is 23.2 Å². The van der Waals surface area contributed by atoms with E-state index in [1.165, 1.54) is 16.8 Å². The number of fused-ring (bicyclic) bond motifs is 1. The number of aromatic nitrogens is 2. The minimum absolute atomic E-state index is 0.0444. The van der Waals surface area contributed by atoms with Crippen LogP contribution in [0, 0.1) is 5.82 Å². The molecule has 7 nitrogen and oxygen atoms in total. The highest BCUT2D eigenvalue weighted by atomic mass is 35.5. The minimum Gasteiger partial charge on any atom is -0.466 e. The van der Waals surface area contributed by atoms with Crippen molar-refractivity contribution in [3.8, 4) is 0 Å². The Labute approximate surface area is 213 Å². The maximum Gasteiger partial charge on any atom is 0.311 e. The van der Waals surface area contributed by atoms with Gasteiger partial charge >= 0.3 is 5.97 Å². The molecule has 0 spiro atoms. The summed E-state index contributed by atoms with van der Waals surface area (Å²) < 4.78 is 20.8. The van der Waals surface area contributed by atoms with E-state index in [-0.39, 0.29) is 18.4 Å². The third kappa shape index (κ3) is 5.94. The molecule has 4 rings (SSSR count). The first-order chi connectivity index (χ1) is 16.9. The standard InChI is InChI=1S/C25H27Cl2FN4O3/c1-2-35-23(33)16-22-18-5-3-6-21(28)24(18)25(34)32(29-22)10-4-9-30-11-13-31(14-12-30)17-7-8-19(26)20(27)15-17/h3,5-8,15H,2,4,9-14,16H2,1H3. The number of halogens is 3. The fraction of sp³-hybridized carbons (Fsp3) is 0.400. The molecule has 0 saturated carbocycles. The van der Waals surface area contributed by atoms with E-state index in [0.29, 0.717) is 34.1 Å². The number of nitrogens with zero attached hydrogens (tertiary/aromatic N) is 4. The first-order valence-corrected chi connectivity index (χ1v) is 12.4. The molecule has 1 fully saturated rings. The van der Waals surface area contributed by atoms with Crippen LogP contribution in [0.3, 0.4) is 0 Å². The van der Waals surface area contributed by atoms with E-state index in [9.17, 15) is 14.0 Å². The second-order valence-corrected chi connectivity index (χ2v) is 9.21. The lowest BCUT2D eigenvalue weighted by Gasteiger charge is -2.36. The van der Waals surface area contributed by atoms with E-state index in [2.05, 4.69) is 14.9 Å². The van der Waals surface area contributed by atoms with Gasteiger partial charge in [-0.3, -0.25) is 14.5 Å². The monoisotopic (exact) mass is 520 g/mol. The summed E-state index contributed by atoms with van der Waals surface area (Å²) in [6.45, 7) is 6.48. The van der Waals surface area contributed by atoms with Gasteiger partial charge in [-0.05, 0) is 37.6 Å². The number of esters is 1. The van der Waals surface area contributed by atoms with Gasteiger partial charge in [0.15, 0.2) is 0 Å². The number of aryl methyl sites for hydroxylation is 1. The second kappa shape index (κ2) is 11.4. The van der Waals surface area contributed by atoms with Crippen LogP contribution < -0.4 is 10.5 Å². The molecule has 10 heteroatoms. The molecule has 0 atom stereocenters. The summed E-state index contributed by atoms with van der Waals surface area (Å²) in [5.41, 5.74) is 0.894. The molecule has 3 aromatic rings. The Morgan fingerprint density at radius 3 is 2.57 bits per heavy atom. The Hall–Kier alpha value is -2.68. The molecule has 0 bridgehead atoms. The molecular weight excluding hydrogens is 494 g/mol. The van der Waals surface area contributed by atoms with Gasteiger partial charge in [-0.25, -0.2) is 9.07 Å². The minimum atomic E-state index is -0.618. The van der Waals surface area contributed by atoms with Gasteiger partial charge in [0.05, 0.1) is 34.2 Å². The average Bonchev–Trinajstić information content (AvgIpc) is 2.84. The fourth-order valence-electron chi connectivity index (χ4n) is 4.34. The zero-order chi connectivity index (χ0) is 24.9. The maximum absolute atomic E-state index is 14.5. The number of carbonyl (C=O) groups is 1. The molecule has 0 radical (unpaired) electrons. The number of anilines is 1. The van der Waals surface area contributed by atoms with E-state index in [0.717, 1.165) is 38.4 Å². The van der Waals surface area contributed by atoms with Crippen molar-refractivity contribution in [2.45, 2.75) is 26.3 Å². The zero-order valence-electron chi connectivity index (χ0n) is 19.5. The van der Waals surface area contributed by atoms with Crippen LogP contribution in [0.5, 0.6) is 0 Å². The van der Waals surface area contributed by atoms with Crippen LogP contribution in [-0.2, 0) is 22.5 Å². The van der Waals surface area contributed by atoms with Crippen LogP contribution in [0.4, 0.5) is 10.1 Å². The van der Waals surface area contributed by atoms with Gasteiger partial charge in [0.1, 0.15) is 5.82 Å². The van der Waals surface area contributed by atoms with Crippen molar-refractivity contribution in [3.05, 3.63) is 68.3 Å². The van der Waals surface area contributed by atoms with Gasteiger partial charge in [-0.2, -0.15) is 5.10 Å². The highest BCUT2D eigenvalue weighted by Gasteiger charge is 2.19. The summed E-state index contributed by atoms with van der Waals surface area (Å²) in [5.74, 6) is -1.08. The van der Waals surface area contributed by atoms with Crippen molar-refractivity contribution >= 4 is 45.6 Å². The lowest BCUT2D eigenvalue weighted by Crippen LogP contribution is -2.46. The summed E-state index contributed by atoms with van der Waals surface area (Å²) >= 11 is 12.2. The molecule has 1 saturated heterocycles. The van der Waals surface area contributed by atoms with Gasteiger partial charge in [0.25, 0.3) is 5.56 Å². The van der Waals surface area contributed by atoms with Crippen LogP contribution in [0.15, 0.2) is 41.2 Å². The molecular formula is C25H27Cl2FN4O3. The van der Waals surface area contributed by atoms with E-state index in [4.69, 9.17) is 27.9 Å². The van der Waals surface area contributed by atoms with Crippen molar-refractivity contribution < 1.29 is 13.9 Å². The zero-order valence-corrected chi connectivity index (χ0v) is 21.0. The van der Waals surface area contributed by atoms with Crippen molar-refractivity contribution in [1.29, 1.82) is 0 Å². The quantitative estimate of drug-likeness (QED) is 0.415. The number of hydrogen-bond acceptors (Lipinski definition) is 6. The average molecular weight is 521 g/mol. The van der Waals surface area contributed by atoms with E-state index < -0.39 is 17.3 Å². The third-order valence-electron chi connectivity index (χ3n) is 6.12. The molecule has 186 valence electrons. The predicted molar refractivity (Wildman–Crippen MR) is 136 cm³/mol. The van der Waals surface area contributed by atoms with Gasteiger partial charge in [-0.1, -0.05) is 35.3 Å². The molecule has 2 aromatic carbocycles. The highest BCUT2D eigenvalue weighted by Crippen LogP contribution is 2.27. The molecule has 0 amide bonds. The number of rotatable bonds is 8. The number of ether oxygens (including phenoxy) is 1. The second-order valence-electron chi connectivity index (χ2n) is 8.40. The topological polar surface area (TPSA) is 67.7 Å². The highest BCUT2D eigenvalue weighted by molar-refractivity contribution is 6.42. The largest absolute Gasteiger partial charge is 0.466 e. The maximum atomic E-state index is 14.5. The van der Waals surface area contributed by atoms with Crippen LogP contribution in [-0.4, -0.2) is 60.0 Å². The van der Waals surface area contributed by atoms with Crippen LogP contribution in [0.25, 0.3) is 10.8 Å². The van der Waals surface area contributed by atoms with Crippen LogP contribution in [0.2, 0.25) is 10.0 Å². The van der Waals surface area contributed by atoms with Gasteiger partial charge in [-0.15, -0.1) is 0 Å². The van der Waals surface area contributed by atoms with Gasteiger partial charge in [0.2, 0.25) is 0 Å². The Bertz CT molecular complexity index is 1280. The smallest absolute Gasteiger partial charge is 0.311 e. The molecule has 1 aliphatic rings. The van der Waals surface area contributed by atoms with E-state index in [1.54, 1.807) is 19.1 Å². The molecule has 2 heterocycles. The first-order valence-electron chi connectivity index (χ1n) is 11.6. The first kappa shape index (κ1) is 25.4. The van der Waals surface area contributed by atoms with Crippen molar-refractivity contribution in [2.75, 3.05) is 44.2 Å². The number of piperazine rings is 1. The van der Waals surface area contributed by atoms with Crippen molar-refractivity contribution in [2.24, 2.45) is 0 Å². The summed E-state index contributed by atoms with van der Waals surface area (Å²) in [6, 6.07) is 10.0. The summed E-state index contributed by atoms with van der Waals surface area (Å²) in [7, 11) is 0. The number of benzene rings is 2. The molecule has 35 heavy (non-hydrogen) atoms. The van der Waals surface area contributed by atoms with Crippen LogP contribution in [0.1, 0.15) is 19.0 Å². The number of hydrogen-bond donors (Lipinski definition) is 0. The van der Waals surface area contributed by atoms with E-state index >= 15 is 0 Å². The molecule has 1 aromatic heterocycles. The Kier molecular flexibility index (Phi) is 8.26. The van der Waals surface area contributed by atoms with Gasteiger partial charge < -0.3 is 9.64 Å². The Morgan fingerprint density at radius 1 is 1.09 bits per heavy atom. The SMILES string of the molecule is CCOC(=O)Cc1nn(CCCN2CCN(c3ccc(Cl)c(Cl)c3)CC2)c(=O)c2c(F)cccc12. The normalized spacial score (nSPS) is 14.5.